The minimum absolute atomic E-state index is 0.0581. The molecule has 4 rings (SSSR count). The first kappa shape index (κ1) is 12.6. The zero-order chi connectivity index (χ0) is 14.4. The standard InChI is InChI=1S/C16H17N3O2/c1-10-17-16(18-21-10)12-8-15(20)19(9-12)14-7-6-11-4-2-3-5-13(11)14/h2-5,12,14H,6-9H2,1H3. The highest BCUT2D eigenvalue weighted by Crippen LogP contribution is 2.40. The SMILES string of the molecule is Cc1nc(C2CC(=O)N(C3CCc4ccccc43)C2)no1. The summed E-state index contributed by atoms with van der Waals surface area (Å²) in [6, 6.07) is 8.64. The summed E-state index contributed by atoms with van der Waals surface area (Å²) in [6.45, 7) is 2.47. The second-order valence-electron chi connectivity index (χ2n) is 5.87. The number of aromatic nitrogens is 2. The van der Waals surface area contributed by atoms with Gasteiger partial charge in [0.05, 0.1) is 6.04 Å². The second kappa shape index (κ2) is 4.69. The van der Waals surface area contributed by atoms with Crippen LogP contribution in [0, 0.1) is 6.92 Å². The summed E-state index contributed by atoms with van der Waals surface area (Å²) in [6.07, 6.45) is 2.55. The van der Waals surface area contributed by atoms with Crippen molar-refractivity contribution in [1.29, 1.82) is 0 Å². The maximum Gasteiger partial charge on any atom is 0.223 e. The van der Waals surface area contributed by atoms with Crippen molar-refractivity contribution >= 4 is 5.91 Å². The Balaban J connectivity index is 1.59. The van der Waals surface area contributed by atoms with Gasteiger partial charge in [-0.2, -0.15) is 4.98 Å². The molecule has 1 aromatic carbocycles. The monoisotopic (exact) mass is 283 g/mol. The van der Waals surface area contributed by atoms with E-state index in [1.54, 1.807) is 6.92 Å². The number of hydrogen-bond donors (Lipinski definition) is 0. The predicted molar refractivity (Wildman–Crippen MR) is 75.6 cm³/mol. The van der Waals surface area contributed by atoms with Crippen molar-refractivity contribution in [2.75, 3.05) is 6.54 Å². The number of carbonyl (C=O) groups is 1. The number of likely N-dealkylation sites (tertiary alicyclic amines) is 1. The summed E-state index contributed by atoms with van der Waals surface area (Å²) < 4.78 is 5.04. The van der Waals surface area contributed by atoms with Gasteiger partial charge in [-0.15, -0.1) is 0 Å². The van der Waals surface area contributed by atoms with Gasteiger partial charge in [0, 0.05) is 25.8 Å². The Morgan fingerprint density at radius 1 is 1.33 bits per heavy atom. The van der Waals surface area contributed by atoms with Crippen molar-refractivity contribution in [3.8, 4) is 0 Å². The lowest BCUT2D eigenvalue weighted by atomic mass is 10.1. The van der Waals surface area contributed by atoms with Crippen LogP contribution in [0.1, 0.15) is 47.6 Å². The highest BCUT2D eigenvalue weighted by atomic mass is 16.5. The van der Waals surface area contributed by atoms with E-state index in [4.69, 9.17) is 4.52 Å². The molecular weight excluding hydrogens is 266 g/mol. The van der Waals surface area contributed by atoms with Crippen molar-refractivity contribution in [2.24, 2.45) is 0 Å². The van der Waals surface area contributed by atoms with Gasteiger partial charge in [-0.1, -0.05) is 29.4 Å². The van der Waals surface area contributed by atoms with Gasteiger partial charge in [0.1, 0.15) is 0 Å². The predicted octanol–water partition coefficient (Wildman–Crippen LogP) is 2.38. The zero-order valence-corrected chi connectivity index (χ0v) is 12.0. The molecule has 1 saturated heterocycles. The topological polar surface area (TPSA) is 59.2 Å². The molecule has 5 heteroatoms. The fourth-order valence-electron chi connectivity index (χ4n) is 3.55. The quantitative estimate of drug-likeness (QED) is 0.849. The van der Waals surface area contributed by atoms with Gasteiger partial charge in [-0.3, -0.25) is 4.79 Å². The molecule has 1 aliphatic carbocycles. The molecule has 0 spiro atoms. The molecule has 0 bridgehead atoms. The summed E-state index contributed by atoms with van der Waals surface area (Å²) in [4.78, 5) is 18.7. The first-order valence-electron chi connectivity index (χ1n) is 7.40. The van der Waals surface area contributed by atoms with Gasteiger partial charge < -0.3 is 9.42 Å². The van der Waals surface area contributed by atoms with Crippen LogP contribution < -0.4 is 0 Å². The second-order valence-corrected chi connectivity index (χ2v) is 5.87. The number of fused-ring (bicyclic) bond motifs is 1. The molecule has 1 fully saturated rings. The van der Waals surface area contributed by atoms with Crippen molar-refractivity contribution in [3.63, 3.8) is 0 Å². The Hall–Kier alpha value is -2.17. The molecule has 2 atom stereocenters. The number of benzene rings is 1. The molecule has 21 heavy (non-hydrogen) atoms. The average molecular weight is 283 g/mol. The molecule has 2 heterocycles. The van der Waals surface area contributed by atoms with Crippen LogP contribution in [0.2, 0.25) is 0 Å². The molecule has 2 unspecified atom stereocenters. The fraction of sp³-hybridized carbons (Fsp3) is 0.438. The van der Waals surface area contributed by atoms with Gasteiger partial charge in [-0.25, -0.2) is 0 Å². The molecule has 0 N–H and O–H groups in total. The maximum atomic E-state index is 12.4. The van der Waals surface area contributed by atoms with Crippen LogP contribution in [0.5, 0.6) is 0 Å². The Labute approximate surface area is 123 Å². The number of rotatable bonds is 2. The minimum Gasteiger partial charge on any atom is -0.340 e. The van der Waals surface area contributed by atoms with Crippen LogP contribution >= 0.6 is 0 Å². The Bertz CT molecular complexity index is 694. The van der Waals surface area contributed by atoms with E-state index in [1.165, 1.54) is 11.1 Å². The lowest BCUT2D eigenvalue weighted by Crippen LogP contribution is -2.28. The molecule has 0 saturated carbocycles. The van der Waals surface area contributed by atoms with E-state index in [9.17, 15) is 4.79 Å². The number of amides is 1. The van der Waals surface area contributed by atoms with Crippen LogP contribution in [0.25, 0.3) is 0 Å². The number of carbonyl (C=O) groups excluding carboxylic acids is 1. The normalized spacial score (nSPS) is 24.6. The van der Waals surface area contributed by atoms with E-state index < -0.39 is 0 Å². The van der Waals surface area contributed by atoms with Crippen molar-refractivity contribution in [2.45, 2.75) is 38.1 Å². The van der Waals surface area contributed by atoms with Gasteiger partial charge in [0.2, 0.25) is 11.8 Å². The van der Waals surface area contributed by atoms with Gasteiger partial charge >= 0.3 is 0 Å². The van der Waals surface area contributed by atoms with Crippen LogP contribution in [0.15, 0.2) is 28.8 Å². The van der Waals surface area contributed by atoms with E-state index in [2.05, 4.69) is 34.4 Å². The minimum atomic E-state index is 0.0581. The molecule has 2 aliphatic rings. The molecule has 5 nitrogen and oxygen atoms in total. The number of nitrogens with zero attached hydrogens (tertiary/aromatic N) is 3. The van der Waals surface area contributed by atoms with Crippen molar-refractivity contribution < 1.29 is 9.32 Å². The summed E-state index contributed by atoms with van der Waals surface area (Å²) in [7, 11) is 0. The van der Waals surface area contributed by atoms with E-state index in [-0.39, 0.29) is 17.9 Å². The van der Waals surface area contributed by atoms with Gasteiger partial charge in [0.25, 0.3) is 0 Å². The lowest BCUT2D eigenvalue weighted by Gasteiger charge is -2.25. The van der Waals surface area contributed by atoms with Crippen LogP contribution in [0.4, 0.5) is 0 Å². The highest BCUT2D eigenvalue weighted by Gasteiger charge is 2.39. The van der Waals surface area contributed by atoms with Gasteiger partial charge in [-0.05, 0) is 24.0 Å². The lowest BCUT2D eigenvalue weighted by molar-refractivity contribution is -0.129. The Morgan fingerprint density at radius 2 is 2.19 bits per heavy atom. The van der Waals surface area contributed by atoms with Gasteiger partial charge in [0.15, 0.2) is 5.82 Å². The molecule has 1 aromatic heterocycles. The Kier molecular flexibility index (Phi) is 2.80. The largest absolute Gasteiger partial charge is 0.340 e. The molecular formula is C16H17N3O2. The Morgan fingerprint density at radius 3 is 3.00 bits per heavy atom. The smallest absolute Gasteiger partial charge is 0.223 e. The third-order valence-corrected chi connectivity index (χ3v) is 4.54. The van der Waals surface area contributed by atoms with Crippen molar-refractivity contribution in [3.05, 3.63) is 47.1 Å². The number of aryl methyl sites for hydroxylation is 2. The van der Waals surface area contributed by atoms with Crippen molar-refractivity contribution in [1.82, 2.24) is 15.0 Å². The zero-order valence-electron chi connectivity index (χ0n) is 12.0. The third-order valence-electron chi connectivity index (χ3n) is 4.54. The molecule has 108 valence electrons. The summed E-state index contributed by atoms with van der Waals surface area (Å²) in [5.74, 6) is 1.48. The average Bonchev–Trinajstić information content (AvgIpc) is 3.17. The number of hydrogen-bond acceptors (Lipinski definition) is 4. The first-order valence-corrected chi connectivity index (χ1v) is 7.40. The van der Waals surface area contributed by atoms with E-state index in [0.29, 0.717) is 24.7 Å². The van der Waals surface area contributed by atoms with Crippen LogP contribution in [-0.2, 0) is 11.2 Å². The van der Waals surface area contributed by atoms with E-state index in [0.717, 1.165) is 12.8 Å². The molecule has 1 amide bonds. The van der Waals surface area contributed by atoms with E-state index >= 15 is 0 Å². The molecule has 1 aliphatic heterocycles. The maximum absolute atomic E-state index is 12.4. The van der Waals surface area contributed by atoms with Crippen LogP contribution in [0.3, 0.4) is 0 Å². The highest BCUT2D eigenvalue weighted by molar-refractivity contribution is 5.80. The summed E-state index contributed by atoms with van der Waals surface area (Å²) in [5, 5.41) is 3.97. The molecule has 0 radical (unpaired) electrons. The third kappa shape index (κ3) is 2.04. The summed E-state index contributed by atoms with van der Waals surface area (Å²) >= 11 is 0. The summed E-state index contributed by atoms with van der Waals surface area (Å²) in [5.41, 5.74) is 2.67. The van der Waals surface area contributed by atoms with E-state index in [1.807, 2.05) is 4.90 Å². The first-order chi connectivity index (χ1) is 10.2. The fourth-order valence-corrected chi connectivity index (χ4v) is 3.55. The van der Waals surface area contributed by atoms with Crippen LogP contribution in [-0.4, -0.2) is 27.5 Å². The molecule has 2 aromatic rings.